The molecule has 0 aromatic heterocycles. The van der Waals surface area contributed by atoms with Crippen molar-refractivity contribution in [3.63, 3.8) is 0 Å². The Morgan fingerprint density at radius 1 is 1.13 bits per heavy atom. The Balaban J connectivity index is 1.58. The topological polar surface area (TPSA) is 59.1 Å². The van der Waals surface area contributed by atoms with Crippen LogP contribution in [0.3, 0.4) is 0 Å². The van der Waals surface area contributed by atoms with E-state index >= 15 is 0 Å². The number of anilines is 1. The molecular weight excluding hydrogens is 387 g/mol. The summed E-state index contributed by atoms with van der Waals surface area (Å²) in [4.78, 5) is 28.6. The van der Waals surface area contributed by atoms with Crippen LogP contribution in [0.5, 0.6) is 0 Å². The van der Waals surface area contributed by atoms with E-state index < -0.39 is 17.9 Å². The van der Waals surface area contributed by atoms with Gasteiger partial charge in [0.1, 0.15) is 11.9 Å². The van der Waals surface area contributed by atoms with Gasteiger partial charge in [0.25, 0.3) is 0 Å². The maximum atomic E-state index is 14.6. The van der Waals surface area contributed by atoms with Gasteiger partial charge in [0, 0.05) is 6.54 Å². The molecule has 0 spiro atoms. The number of hydrogen-bond donors (Lipinski definition) is 0. The lowest BCUT2D eigenvalue weighted by atomic mass is 9.86. The zero-order valence-electron chi connectivity index (χ0n) is 16.9. The van der Waals surface area contributed by atoms with Crippen LogP contribution in [0.1, 0.15) is 28.8 Å². The van der Waals surface area contributed by atoms with Gasteiger partial charge in [-0.05, 0) is 61.7 Å². The first-order valence-electron chi connectivity index (χ1n) is 10.2. The highest BCUT2D eigenvalue weighted by molar-refractivity contribution is 5.90. The number of benzene rings is 2. The summed E-state index contributed by atoms with van der Waals surface area (Å²) < 4.78 is 25.2. The molecule has 3 heterocycles. The van der Waals surface area contributed by atoms with E-state index in [9.17, 15) is 14.0 Å². The third-order valence-corrected chi connectivity index (χ3v) is 5.90. The molecule has 6 nitrogen and oxygen atoms in total. The molecule has 0 radical (unpaired) electrons. The van der Waals surface area contributed by atoms with Crippen molar-refractivity contribution in [2.45, 2.75) is 25.5 Å². The number of halogens is 1. The van der Waals surface area contributed by atoms with Crippen LogP contribution in [0, 0.1) is 11.7 Å². The number of methoxy groups -OCH3 is 1. The number of piperidine rings is 3. The standard InChI is InChI=1S/C23H25FN2O4/c1-29-22(27)18-6-4-5-16(13-18)14-26(20-8-3-2-7-19(20)24)23(28)30-21-15-25-11-9-17(21)10-12-25/h2-8,13,17,21H,9-12,14-15H2,1H3. The molecule has 3 aliphatic rings. The summed E-state index contributed by atoms with van der Waals surface area (Å²) in [7, 11) is 1.31. The van der Waals surface area contributed by atoms with Crippen molar-refractivity contribution >= 4 is 17.7 Å². The fourth-order valence-corrected chi connectivity index (χ4v) is 4.25. The molecule has 0 N–H and O–H groups in total. The lowest BCUT2D eigenvalue weighted by Gasteiger charge is -2.44. The predicted octanol–water partition coefficient (Wildman–Crippen LogP) is 3.85. The van der Waals surface area contributed by atoms with Gasteiger partial charge in [-0.3, -0.25) is 9.80 Å². The van der Waals surface area contributed by atoms with Crippen LogP contribution in [0.4, 0.5) is 14.9 Å². The van der Waals surface area contributed by atoms with E-state index in [1.54, 1.807) is 42.5 Å². The van der Waals surface area contributed by atoms with Crippen LogP contribution in [-0.4, -0.2) is 49.8 Å². The van der Waals surface area contributed by atoms with Gasteiger partial charge in [0.05, 0.1) is 24.9 Å². The van der Waals surface area contributed by atoms with Crippen molar-refractivity contribution in [3.8, 4) is 0 Å². The number of rotatable bonds is 5. The highest BCUT2D eigenvalue weighted by atomic mass is 19.1. The molecule has 2 bridgehead atoms. The number of esters is 1. The molecule has 1 atom stereocenters. The molecule has 0 aliphatic carbocycles. The Morgan fingerprint density at radius 3 is 2.57 bits per heavy atom. The second-order valence-electron chi connectivity index (χ2n) is 7.79. The summed E-state index contributed by atoms with van der Waals surface area (Å²) in [5, 5.41) is 0. The minimum atomic E-state index is -0.581. The van der Waals surface area contributed by atoms with Gasteiger partial charge in [-0.1, -0.05) is 24.3 Å². The summed E-state index contributed by atoms with van der Waals surface area (Å²) in [5.41, 5.74) is 1.19. The highest BCUT2D eigenvalue weighted by Crippen LogP contribution is 2.31. The van der Waals surface area contributed by atoms with Gasteiger partial charge in [-0.15, -0.1) is 0 Å². The van der Waals surface area contributed by atoms with Crippen LogP contribution >= 0.6 is 0 Å². The van der Waals surface area contributed by atoms with Crippen molar-refractivity contribution in [1.29, 1.82) is 0 Å². The first kappa shape index (κ1) is 20.3. The number of carbonyl (C=O) groups excluding carboxylic acids is 2. The average Bonchev–Trinajstić information content (AvgIpc) is 2.78. The molecule has 0 saturated carbocycles. The molecular formula is C23H25FN2O4. The molecule has 1 amide bonds. The summed E-state index contributed by atoms with van der Waals surface area (Å²) in [5.74, 6) is -0.624. The molecule has 5 rings (SSSR count). The minimum absolute atomic E-state index is 0.0751. The van der Waals surface area contributed by atoms with Crippen molar-refractivity contribution in [2.75, 3.05) is 31.6 Å². The fraction of sp³-hybridized carbons (Fsp3) is 0.391. The van der Waals surface area contributed by atoms with Gasteiger partial charge in [0.15, 0.2) is 0 Å². The molecule has 1 unspecified atom stereocenters. The van der Waals surface area contributed by atoms with Crippen molar-refractivity contribution < 1.29 is 23.5 Å². The van der Waals surface area contributed by atoms with Gasteiger partial charge >= 0.3 is 12.1 Å². The summed E-state index contributed by atoms with van der Waals surface area (Å²) in [6.45, 7) is 2.87. The van der Waals surface area contributed by atoms with Crippen LogP contribution in [0.15, 0.2) is 48.5 Å². The number of para-hydroxylation sites is 1. The number of hydrogen-bond acceptors (Lipinski definition) is 5. The maximum Gasteiger partial charge on any atom is 0.415 e. The summed E-state index contributed by atoms with van der Waals surface area (Å²) in [6.07, 6.45) is 1.26. The fourth-order valence-electron chi connectivity index (χ4n) is 4.25. The summed E-state index contributed by atoms with van der Waals surface area (Å²) in [6, 6.07) is 12.9. The molecule has 3 aliphatic heterocycles. The van der Waals surface area contributed by atoms with Gasteiger partial charge in [0.2, 0.25) is 0 Å². The lowest BCUT2D eigenvalue weighted by molar-refractivity contribution is -0.0311. The van der Waals surface area contributed by atoms with Crippen LogP contribution in [-0.2, 0) is 16.0 Å². The highest BCUT2D eigenvalue weighted by Gasteiger charge is 2.37. The third-order valence-electron chi connectivity index (χ3n) is 5.90. The van der Waals surface area contributed by atoms with E-state index in [1.165, 1.54) is 18.1 Å². The van der Waals surface area contributed by atoms with E-state index in [1.807, 2.05) is 0 Å². The zero-order valence-corrected chi connectivity index (χ0v) is 16.9. The SMILES string of the molecule is COC(=O)c1cccc(CN(C(=O)OC2CN3CCC2CC3)c2ccccc2F)c1. The Morgan fingerprint density at radius 2 is 1.90 bits per heavy atom. The third kappa shape index (κ3) is 4.31. The smallest absolute Gasteiger partial charge is 0.415 e. The van der Waals surface area contributed by atoms with Crippen molar-refractivity contribution in [2.24, 2.45) is 5.92 Å². The van der Waals surface area contributed by atoms with E-state index in [4.69, 9.17) is 9.47 Å². The quantitative estimate of drug-likeness (QED) is 0.699. The van der Waals surface area contributed by atoms with E-state index in [0.717, 1.165) is 32.5 Å². The van der Waals surface area contributed by atoms with Gasteiger partial charge < -0.3 is 9.47 Å². The van der Waals surface area contributed by atoms with Gasteiger partial charge in [-0.25, -0.2) is 14.0 Å². The van der Waals surface area contributed by atoms with Crippen LogP contribution in [0.25, 0.3) is 0 Å². The first-order valence-corrected chi connectivity index (χ1v) is 10.2. The van der Waals surface area contributed by atoms with Crippen LogP contribution in [0.2, 0.25) is 0 Å². The number of carbonyl (C=O) groups is 2. The van der Waals surface area contributed by atoms with Crippen molar-refractivity contribution in [1.82, 2.24) is 4.90 Å². The second-order valence-corrected chi connectivity index (χ2v) is 7.79. The monoisotopic (exact) mass is 412 g/mol. The average molecular weight is 412 g/mol. The second kappa shape index (κ2) is 8.83. The lowest BCUT2D eigenvalue weighted by Crippen LogP contribution is -2.53. The largest absolute Gasteiger partial charge is 0.465 e. The molecule has 3 fully saturated rings. The summed E-state index contributed by atoms with van der Waals surface area (Å²) >= 11 is 0. The van der Waals surface area contributed by atoms with Gasteiger partial charge in [-0.2, -0.15) is 0 Å². The van der Waals surface area contributed by atoms with E-state index in [0.29, 0.717) is 17.0 Å². The maximum absolute atomic E-state index is 14.6. The Kier molecular flexibility index (Phi) is 5.99. The number of amides is 1. The van der Waals surface area contributed by atoms with Crippen LogP contribution < -0.4 is 4.90 Å². The Bertz CT molecular complexity index is 927. The molecule has 3 saturated heterocycles. The molecule has 30 heavy (non-hydrogen) atoms. The number of nitrogens with zero attached hydrogens (tertiary/aromatic N) is 2. The Hall–Kier alpha value is -2.93. The molecule has 2 aromatic rings. The predicted molar refractivity (Wildman–Crippen MR) is 110 cm³/mol. The minimum Gasteiger partial charge on any atom is -0.465 e. The Labute approximate surface area is 175 Å². The molecule has 7 heteroatoms. The zero-order chi connectivity index (χ0) is 21.1. The molecule has 2 aromatic carbocycles. The number of fused-ring (bicyclic) bond motifs is 3. The first-order chi connectivity index (χ1) is 14.5. The molecule has 158 valence electrons. The van der Waals surface area contributed by atoms with E-state index in [2.05, 4.69) is 4.90 Å². The normalized spacial score (nSPS) is 22.4. The van der Waals surface area contributed by atoms with Crippen molar-refractivity contribution in [3.05, 3.63) is 65.5 Å². The number of ether oxygens (including phenoxy) is 2. The van der Waals surface area contributed by atoms with E-state index in [-0.39, 0.29) is 18.3 Å².